The zero-order valence-corrected chi connectivity index (χ0v) is 13.4. The molecule has 1 N–H and O–H groups in total. The lowest BCUT2D eigenvalue weighted by Crippen LogP contribution is -2.38. The van der Waals surface area contributed by atoms with Gasteiger partial charge in [0, 0.05) is 0 Å². The molecule has 2 nitrogen and oxygen atoms in total. The quantitative estimate of drug-likeness (QED) is 0.853. The molecule has 1 aromatic carbocycles. The Hall–Kier alpha value is -1.31. The number of aryl methyl sites for hydroxylation is 1. The van der Waals surface area contributed by atoms with E-state index in [1.807, 2.05) is 6.92 Å². The van der Waals surface area contributed by atoms with E-state index >= 15 is 0 Å². The van der Waals surface area contributed by atoms with E-state index in [9.17, 15) is 9.90 Å². The van der Waals surface area contributed by atoms with Crippen LogP contribution in [0.1, 0.15) is 75.0 Å². The summed E-state index contributed by atoms with van der Waals surface area (Å²) in [6, 6.07) is 6.99. The fourth-order valence-corrected chi connectivity index (χ4v) is 4.34. The Labute approximate surface area is 127 Å². The van der Waals surface area contributed by atoms with Gasteiger partial charge in [-0.05, 0) is 73.5 Å². The van der Waals surface area contributed by atoms with Crippen molar-refractivity contribution in [2.75, 3.05) is 0 Å². The third-order valence-corrected chi connectivity index (χ3v) is 5.82. The number of carbonyl (C=O) groups is 1. The number of fused-ring (bicyclic) bond motifs is 3. The van der Waals surface area contributed by atoms with Gasteiger partial charge in [0.1, 0.15) is 0 Å². The number of carboxylic acids is 1. The first-order chi connectivity index (χ1) is 9.90. The highest BCUT2D eigenvalue weighted by molar-refractivity contribution is 5.74. The molecule has 3 rings (SSSR count). The fourth-order valence-electron chi connectivity index (χ4n) is 4.34. The molecule has 0 aliphatic heterocycles. The van der Waals surface area contributed by atoms with E-state index in [1.54, 1.807) is 0 Å². The molecule has 1 saturated carbocycles. The molecular formula is C19H26O2. The van der Waals surface area contributed by atoms with Crippen LogP contribution in [-0.2, 0) is 11.2 Å². The summed E-state index contributed by atoms with van der Waals surface area (Å²) in [6.07, 6.45) is 4.96. The molecule has 1 fully saturated rings. The third-order valence-electron chi connectivity index (χ3n) is 5.82. The van der Waals surface area contributed by atoms with Crippen LogP contribution in [0.25, 0.3) is 0 Å². The first-order valence-corrected chi connectivity index (χ1v) is 8.27. The highest BCUT2D eigenvalue weighted by Crippen LogP contribution is 2.51. The summed E-state index contributed by atoms with van der Waals surface area (Å²) < 4.78 is 0. The average Bonchev–Trinajstić information content (AvgIpc) is 2.45. The van der Waals surface area contributed by atoms with Crippen LogP contribution in [0.4, 0.5) is 0 Å². The van der Waals surface area contributed by atoms with Crippen LogP contribution < -0.4 is 0 Å². The minimum Gasteiger partial charge on any atom is -0.481 e. The molecule has 3 atom stereocenters. The van der Waals surface area contributed by atoms with E-state index < -0.39 is 11.4 Å². The van der Waals surface area contributed by atoms with Crippen LogP contribution in [0, 0.1) is 11.3 Å². The minimum atomic E-state index is -0.609. The fraction of sp³-hybridized carbons (Fsp3) is 0.632. The number of benzene rings is 1. The lowest BCUT2D eigenvalue weighted by molar-refractivity contribution is -0.151. The monoisotopic (exact) mass is 286 g/mol. The Morgan fingerprint density at radius 3 is 2.76 bits per heavy atom. The molecule has 0 amide bonds. The van der Waals surface area contributed by atoms with E-state index in [1.165, 1.54) is 16.7 Å². The lowest BCUT2D eigenvalue weighted by atomic mass is 9.60. The molecule has 0 radical (unpaired) electrons. The van der Waals surface area contributed by atoms with Gasteiger partial charge in [0.2, 0.25) is 0 Å². The van der Waals surface area contributed by atoms with Crippen LogP contribution >= 0.6 is 0 Å². The maximum Gasteiger partial charge on any atom is 0.309 e. The Morgan fingerprint density at radius 2 is 2.10 bits per heavy atom. The SMILES string of the molecule is CC(C)c1ccc2c(c1)CCC1CC(C)(C(=O)O)CCC21. The topological polar surface area (TPSA) is 37.3 Å². The molecule has 2 heteroatoms. The molecule has 114 valence electrons. The van der Waals surface area contributed by atoms with Gasteiger partial charge in [0.25, 0.3) is 0 Å². The van der Waals surface area contributed by atoms with Crippen LogP contribution in [-0.4, -0.2) is 11.1 Å². The van der Waals surface area contributed by atoms with E-state index in [0.717, 1.165) is 32.1 Å². The summed E-state index contributed by atoms with van der Waals surface area (Å²) in [6.45, 7) is 6.42. The van der Waals surface area contributed by atoms with Crippen molar-refractivity contribution in [2.45, 2.75) is 64.7 Å². The summed E-state index contributed by atoms with van der Waals surface area (Å²) in [4.78, 5) is 11.5. The van der Waals surface area contributed by atoms with Crippen LogP contribution in [0.5, 0.6) is 0 Å². The molecule has 2 aliphatic rings. The Bertz CT molecular complexity index is 561. The van der Waals surface area contributed by atoms with E-state index in [2.05, 4.69) is 32.0 Å². The first kappa shape index (κ1) is 14.6. The van der Waals surface area contributed by atoms with Crippen LogP contribution in [0.15, 0.2) is 18.2 Å². The largest absolute Gasteiger partial charge is 0.481 e. The predicted molar refractivity (Wildman–Crippen MR) is 84.7 cm³/mol. The predicted octanol–water partition coefficient (Wildman–Crippen LogP) is 4.73. The maximum atomic E-state index is 11.5. The first-order valence-electron chi connectivity index (χ1n) is 8.27. The third kappa shape index (κ3) is 2.49. The van der Waals surface area contributed by atoms with E-state index in [4.69, 9.17) is 0 Å². The van der Waals surface area contributed by atoms with Gasteiger partial charge < -0.3 is 5.11 Å². The van der Waals surface area contributed by atoms with Gasteiger partial charge in [-0.2, -0.15) is 0 Å². The summed E-state index contributed by atoms with van der Waals surface area (Å²) >= 11 is 0. The molecule has 2 aliphatic carbocycles. The summed E-state index contributed by atoms with van der Waals surface area (Å²) in [5.41, 5.74) is 3.94. The van der Waals surface area contributed by atoms with E-state index in [-0.39, 0.29) is 0 Å². The Balaban J connectivity index is 1.87. The zero-order chi connectivity index (χ0) is 15.2. The highest BCUT2D eigenvalue weighted by atomic mass is 16.4. The van der Waals surface area contributed by atoms with Gasteiger partial charge >= 0.3 is 5.97 Å². The van der Waals surface area contributed by atoms with Crippen molar-refractivity contribution in [3.63, 3.8) is 0 Å². The second kappa shape index (κ2) is 5.15. The van der Waals surface area contributed by atoms with Gasteiger partial charge in [-0.25, -0.2) is 0 Å². The minimum absolute atomic E-state index is 0.503. The Kier molecular flexibility index (Phi) is 3.59. The van der Waals surface area contributed by atoms with Gasteiger partial charge in [-0.15, -0.1) is 0 Å². The molecule has 0 spiro atoms. The van der Waals surface area contributed by atoms with Crippen molar-refractivity contribution >= 4 is 5.97 Å². The van der Waals surface area contributed by atoms with Gasteiger partial charge in [0.15, 0.2) is 0 Å². The Morgan fingerprint density at radius 1 is 1.33 bits per heavy atom. The molecule has 0 aromatic heterocycles. The normalized spacial score (nSPS) is 31.6. The summed E-state index contributed by atoms with van der Waals surface area (Å²) in [5.74, 6) is 1.11. The van der Waals surface area contributed by atoms with Crippen LogP contribution in [0.2, 0.25) is 0 Å². The molecule has 0 bridgehead atoms. The van der Waals surface area contributed by atoms with Crippen molar-refractivity contribution in [3.05, 3.63) is 34.9 Å². The molecule has 1 aromatic rings. The number of hydrogen-bond donors (Lipinski definition) is 1. The smallest absolute Gasteiger partial charge is 0.309 e. The second-order valence-electron chi connectivity index (χ2n) is 7.63. The van der Waals surface area contributed by atoms with Crippen molar-refractivity contribution in [2.24, 2.45) is 11.3 Å². The van der Waals surface area contributed by atoms with Crippen molar-refractivity contribution in [3.8, 4) is 0 Å². The number of rotatable bonds is 2. The number of hydrogen-bond acceptors (Lipinski definition) is 1. The van der Waals surface area contributed by atoms with Gasteiger partial charge in [-0.1, -0.05) is 32.0 Å². The molecule has 0 saturated heterocycles. The van der Waals surface area contributed by atoms with Gasteiger partial charge in [-0.3, -0.25) is 4.79 Å². The number of aliphatic carboxylic acids is 1. The number of carboxylic acid groups (broad SMARTS) is 1. The summed E-state index contributed by atoms with van der Waals surface area (Å²) in [7, 11) is 0. The molecular weight excluding hydrogens is 260 g/mol. The molecule has 21 heavy (non-hydrogen) atoms. The van der Waals surface area contributed by atoms with Crippen molar-refractivity contribution in [1.82, 2.24) is 0 Å². The van der Waals surface area contributed by atoms with Crippen molar-refractivity contribution < 1.29 is 9.90 Å². The lowest BCUT2D eigenvalue weighted by Gasteiger charge is -2.43. The van der Waals surface area contributed by atoms with Crippen LogP contribution in [0.3, 0.4) is 0 Å². The molecule has 0 heterocycles. The summed E-state index contributed by atoms with van der Waals surface area (Å²) in [5, 5.41) is 9.48. The van der Waals surface area contributed by atoms with Gasteiger partial charge in [0.05, 0.1) is 5.41 Å². The highest BCUT2D eigenvalue weighted by Gasteiger charge is 2.44. The zero-order valence-electron chi connectivity index (χ0n) is 13.4. The van der Waals surface area contributed by atoms with E-state index in [0.29, 0.717) is 17.8 Å². The second-order valence-corrected chi connectivity index (χ2v) is 7.63. The average molecular weight is 286 g/mol. The molecule has 3 unspecified atom stereocenters. The standard InChI is InChI=1S/C19H26O2/c1-12(2)13-6-7-16-14(10-13)4-5-15-11-19(3,18(20)21)9-8-17(15)16/h6-7,10,12,15,17H,4-5,8-9,11H2,1-3H3,(H,20,21). The maximum absolute atomic E-state index is 11.5. The van der Waals surface area contributed by atoms with Crippen molar-refractivity contribution in [1.29, 1.82) is 0 Å².